The Morgan fingerprint density at radius 1 is 0.931 bits per heavy atom. The lowest BCUT2D eigenvalue weighted by molar-refractivity contribution is 0.102. The molecule has 0 aliphatic rings. The van der Waals surface area contributed by atoms with Crippen molar-refractivity contribution < 1.29 is 18.0 Å². The Kier molecular flexibility index (Phi) is 4.68. The first-order valence-corrected chi connectivity index (χ1v) is 8.82. The summed E-state index contributed by atoms with van der Waals surface area (Å²) in [5.41, 5.74) is 2.07. The minimum absolute atomic E-state index is 0.115. The van der Waals surface area contributed by atoms with Crippen LogP contribution in [0.2, 0.25) is 0 Å². The zero-order valence-corrected chi connectivity index (χ0v) is 15.3. The van der Waals surface area contributed by atoms with Gasteiger partial charge >= 0.3 is 0 Å². The predicted octanol–water partition coefficient (Wildman–Crippen LogP) is 5.30. The number of fused-ring (bicyclic) bond motifs is 1. The maximum atomic E-state index is 13.7. The van der Waals surface area contributed by atoms with Crippen molar-refractivity contribution in [2.45, 2.75) is 6.92 Å². The van der Waals surface area contributed by atoms with E-state index >= 15 is 0 Å². The molecule has 1 heterocycles. The van der Waals surface area contributed by atoms with Gasteiger partial charge in [-0.3, -0.25) is 9.59 Å². The van der Waals surface area contributed by atoms with E-state index in [1.807, 2.05) is 13.0 Å². The van der Waals surface area contributed by atoms with Crippen LogP contribution in [-0.2, 0) is 0 Å². The summed E-state index contributed by atoms with van der Waals surface area (Å²) in [4.78, 5) is 24.7. The molecule has 0 fully saturated rings. The molecule has 4 rings (SSSR count). The molecule has 0 unspecified atom stereocenters. The van der Waals surface area contributed by atoms with E-state index in [9.17, 15) is 18.4 Å². The van der Waals surface area contributed by atoms with Crippen LogP contribution in [0.1, 0.15) is 15.9 Å². The quantitative estimate of drug-likeness (QED) is 0.516. The summed E-state index contributed by atoms with van der Waals surface area (Å²) in [7, 11) is 0. The van der Waals surface area contributed by atoms with E-state index in [-0.39, 0.29) is 16.7 Å². The Morgan fingerprint density at radius 3 is 2.41 bits per heavy atom. The van der Waals surface area contributed by atoms with Crippen LogP contribution >= 0.6 is 0 Å². The third-order valence-corrected chi connectivity index (χ3v) is 4.49. The first-order valence-electron chi connectivity index (χ1n) is 8.82. The Labute approximate surface area is 164 Å². The van der Waals surface area contributed by atoms with Crippen molar-refractivity contribution in [2.75, 3.05) is 5.32 Å². The first-order chi connectivity index (χ1) is 13.9. The van der Waals surface area contributed by atoms with Gasteiger partial charge in [-0.2, -0.15) is 0 Å². The molecule has 1 aromatic heterocycles. The lowest BCUT2D eigenvalue weighted by Gasteiger charge is -2.08. The summed E-state index contributed by atoms with van der Waals surface area (Å²) in [5, 5.41) is 2.90. The number of amides is 1. The molecule has 0 aliphatic carbocycles. The SMILES string of the molecule is Cc1ccc2oc(-c3ccc(C(=O)Nc4ccc(F)cc4F)cc3)cc(=O)c2c1. The van der Waals surface area contributed by atoms with Gasteiger partial charge in [-0.15, -0.1) is 0 Å². The molecule has 0 radical (unpaired) electrons. The number of anilines is 1. The van der Waals surface area contributed by atoms with Gasteiger partial charge in [0.15, 0.2) is 5.43 Å². The van der Waals surface area contributed by atoms with Crippen LogP contribution in [0.4, 0.5) is 14.5 Å². The van der Waals surface area contributed by atoms with E-state index in [0.717, 1.165) is 17.7 Å². The number of benzene rings is 3. The summed E-state index contributed by atoms with van der Waals surface area (Å²) in [6.07, 6.45) is 0. The number of rotatable bonds is 3. The monoisotopic (exact) mass is 391 g/mol. The van der Waals surface area contributed by atoms with E-state index in [4.69, 9.17) is 4.42 Å². The molecule has 0 aliphatic heterocycles. The zero-order valence-electron chi connectivity index (χ0n) is 15.3. The molecule has 4 aromatic rings. The smallest absolute Gasteiger partial charge is 0.255 e. The first kappa shape index (κ1) is 18.6. The standard InChI is InChI=1S/C23H15F2NO3/c1-13-2-9-21-17(10-13)20(27)12-22(29-21)14-3-5-15(6-4-14)23(28)26-19-8-7-16(24)11-18(19)25/h2-12H,1H3,(H,26,28). The van der Waals surface area contributed by atoms with Crippen molar-refractivity contribution in [1.29, 1.82) is 0 Å². The van der Waals surface area contributed by atoms with Crippen molar-refractivity contribution >= 4 is 22.6 Å². The van der Waals surface area contributed by atoms with Gasteiger partial charge in [0.2, 0.25) is 0 Å². The minimum atomic E-state index is -0.858. The van der Waals surface area contributed by atoms with Crippen LogP contribution in [0.15, 0.2) is 75.9 Å². The number of aryl methyl sites for hydroxylation is 1. The van der Waals surface area contributed by atoms with Crippen molar-refractivity contribution in [3.63, 3.8) is 0 Å². The fourth-order valence-corrected chi connectivity index (χ4v) is 2.98. The molecule has 0 bridgehead atoms. The third kappa shape index (κ3) is 3.78. The van der Waals surface area contributed by atoms with Crippen LogP contribution in [0, 0.1) is 18.6 Å². The number of hydrogen-bond donors (Lipinski definition) is 1. The van der Waals surface area contributed by atoms with Crippen LogP contribution in [0.25, 0.3) is 22.3 Å². The van der Waals surface area contributed by atoms with E-state index < -0.39 is 17.5 Å². The highest BCUT2D eigenvalue weighted by atomic mass is 19.1. The molecule has 6 heteroatoms. The van der Waals surface area contributed by atoms with E-state index in [1.54, 1.807) is 24.3 Å². The van der Waals surface area contributed by atoms with Gasteiger partial charge in [0.1, 0.15) is 23.0 Å². The highest BCUT2D eigenvalue weighted by molar-refractivity contribution is 6.04. The zero-order chi connectivity index (χ0) is 20.5. The summed E-state index contributed by atoms with van der Waals surface area (Å²) in [6, 6.07) is 16.0. The molecule has 0 saturated heterocycles. The molecule has 144 valence electrons. The molecule has 1 N–H and O–H groups in total. The van der Waals surface area contributed by atoms with Crippen molar-refractivity contribution in [3.8, 4) is 11.3 Å². The second kappa shape index (κ2) is 7.31. The molecule has 1 amide bonds. The van der Waals surface area contributed by atoms with Gasteiger partial charge in [0, 0.05) is 23.3 Å². The second-order valence-corrected chi connectivity index (χ2v) is 6.63. The Balaban J connectivity index is 1.60. The normalized spacial score (nSPS) is 10.9. The number of nitrogens with one attached hydrogen (secondary N) is 1. The van der Waals surface area contributed by atoms with Gasteiger partial charge < -0.3 is 9.73 Å². The molecule has 0 saturated carbocycles. The largest absolute Gasteiger partial charge is 0.456 e. The van der Waals surface area contributed by atoms with Crippen molar-refractivity contribution in [1.82, 2.24) is 0 Å². The summed E-state index contributed by atoms with van der Waals surface area (Å²) in [5.74, 6) is -1.75. The second-order valence-electron chi connectivity index (χ2n) is 6.63. The topological polar surface area (TPSA) is 59.3 Å². The number of carbonyl (C=O) groups excluding carboxylic acids is 1. The van der Waals surface area contributed by atoms with E-state index in [1.165, 1.54) is 18.2 Å². The fourth-order valence-electron chi connectivity index (χ4n) is 2.98. The average molecular weight is 391 g/mol. The fraction of sp³-hybridized carbons (Fsp3) is 0.0435. The van der Waals surface area contributed by atoms with Crippen LogP contribution in [0.3, 0.4) is 0 Å². The third-order valence-electron chi connectivity index (χ3n) is 4.49. The number of halogens is 2. The minimum Gasteiger partial charge on any atom is -0.456 e. The Hall–Kier alpha value is -3.80. The van der Waals surface area contributed by atoms with Gasteiger partial charge in [0.25, 0.3) is 5.91 Å². The van der Waals surface area contributed by atoms with Crippen LogP contribution < -0.4 is 10.7 Å². The summed E-state index contributed by atoms with van der Waals surface area (Å²) in [6.45, 7) is 1.90. The molecular formula is C23H15F2NO3. The highest BCUT2D eigenvalue weighted by Crippen LogP contribution is 2.24. The van der Waals surface area contributed by atoms with Gasteiger partial charge in [0.05, 0.1) is 11.1 Å². The number of carbonyl (C=O) groups is 1. The van der Waals surface area contributed by atoms with E-state index in [2.05, 4.69) is 5.32 Å². The molecule has 29 heavy (non-hydrogen) atoms. The maximum absolute atomic E-state index is 13.7. The maximum Gasteiger partial charge on any atom is 0.255 e. The summed E-state index contributed by atoms with van der Waals surface area (Å²) >= 11 is 0. The van der Waals surface area contributed by atoms with Gasteiger partial charge in [-0.25, -0.2) is 8.78 Å². The number of hydrogen-bond acceptors (Lipinski definition) is 3. The highest BCUT2D eigenvalue weighted by Gasteiger charge is 2.12. The molecule has 0 spiro atoms. The van der Waals surface area contributed by atoms with Crippen LogP contribution in [-0.4, -0.2) is 5.91 Å². The Morgan fingerprint density at radius 2 is 1.69 bits per heavy atom. The average Bonchev–Trinajstić information content (AvgIpc) is 2.70. The summed E-state index contributed by atoms with van der Waals surface area (Å²) < 4.78 is 32.5. The molecular weight excluding hydrogens is 376 g/mol. The van der Waals surface area contributed by atoms with Crippen molar-refractivity contribution in [2.24, 2.45) is 0 Å². The van der Waals surface area contributed by atoms with Gasteiger partial charge in [-0.05, 0) is 43.3 Å². The predicted molar refractivity (Wildman–Crippen MR) is 107 cm³/mol. The van der Waals surface area contributed by atoms with E-state index in [0.29, 0.717) is 28.4 Å². The molecule has 3 aromatic carbocycles. The van der Waals surface area contributed by atoms with Crippen LogP contribution in [0.5, 0.6) is 0 Å². The lowest BCUT2D eigenvalue weighted by atomic mass is 10.1. The van der Waals surface area contributed by atoms with Crippen molar-refractivity contribution in [3.05, 3.63) is 99.7 Å². The lowest BCUT2D eigenvalue weighted by Crippen LogP contribution is -2.13. The molecule has 0 atom stereocenters. The molecule has 4 nitrogen and oxygen atoms in total. The van der Waals surface area contributed by atoms with Gasteiger partial charge in [-0.1, -0.05) is 23.8 Å². The Bertz CT molecular complexity index is 1290.